The van der Waals surface area contributed by atoms with Crippen LogP contribution in [-0.2, 0) is 4.79 Å². The Morgan fingerprint density at radius 1 is 0.929 bits per heavy atom. The summed E-state index contributed by atoms with van der Waals surface area (Å²) in [5.74, 6) is 1.27. The zero-order valence-electron chi connectivity index (χ0n) is 15.6. The molecule has 0 fully saturated rings. The van der Waals surface area contributed by atoms with E-state index in [1.54, 1.807) is 12.2 Å². The van der Waals surface area contributed by atoms with Gasteiger partial charge in [-0.15, -0.1) is 0 Å². The van der Waals surface area contributed by atoms with Crippen LogP contribution < -0.4 is 14.8 Å². The molecular weight excluding hydrogens is 350 g/mol. The standard InChI is InChI=1S/C24H21NO3/c1-17-7-11-20(12-8-17)24(19-5-3-2-4-6-19)25-23(26)14-10-18-9-13-21-22(15-18)28-16-27-21/h2-15,24H,16H2,1H3,(H,25,26)/b14-10+/t24-/m0/s1. The SMILES string of the molecule is Cc1ccc([C@@H](NC(=O)/C=C/c2ccc3c(c2)OCO3)c2ccccc2)cc1. The summed E-state index contributed by atoms with van der Waals surface area (Å²) in [6.07, 6.45) is 3.32. The number of ether oxygens (including phenoxy) is 2. The molecule has 3 aromatic carbocycles. The lowest BCUT2D eigenvalue weighted by molar-refractivity contribution is -0.116. The largest absolute Gasteiger partial charge is 0.454 e. The van der Waals surface area contributed by atoms with Crippen molar-refractivity contribution in [1.29, 1.82) is 0 Å². The maximum absolute atomic E-state index is 12.6. The summed E-state index contributed by atoms with van der Waals surface area (Å²) in [6.45, 7) is 2.28. The number of rotatable bonds is 5. The fourth-order valence-corrected chi connectivity index (χ4v) is 3.14. The second-order valence-corrected chi connectivity index (χ2v) is 6.71. The topological polar surface area (TPSA) is 47.6 Å². The van der Waals surface area contributed by atoms with Crippen molar-refractivity contribution in [3.8, 4) is 11.5 Å². The van der Waals surface area contributed by atoms with Gasteiger partial charge in [0.15, 0.2) is 11.5 Å². The number of amides is 1. The molecule has 0 radical (unpaired) electrons. The van der Waals surface area contributed by atoms with Gasteiger partial charge in [-0.1, -0.05) is 66.2 Å². The highest BCUT2D eigenvalue weighted by atomic mass is 16.7. The van der Waals surface area contributed by atoms with E-state index >= 15 is 0 Å². The number of benzene rings is 3. The minimum absolute atomic E-state index is 0.160. The average molecular weight is 371 g/mol. The van der Waals surface area contributed by atoms with E-state index in [-0.39, 0.29) is 18.7 Å². The van der Waals surface area contributed by atoms with Crippen molar-refractivity contribution in [3.63, 3.8) is 0 Å². The van der Waals surface area contributed by atoms with E-state index in [0.29, 0.717) is 5.75 Å². The Labute approximate surface area is 164 Å². The van der Waals surface area contributed by atoms with Crippen molar-refractivity contribution in [3.05, 3.63) is 101 Å². The maximum atomic E-state index is 12.6. The van der Waals surface area contributed by atoms with Gasteiger partial charge in [-0.2, -0.15) is 0 Å². The first kappa shape index (κ1) is 17.9. The highest BCUT2D eigenvalue weighted by molar-refractivity contribution is 5.92. The van der Waals surface area contributed by atoms with Crippen LogP contribution in [0.5, 0.6) is 11.5 Å². The van der Waals surface area contributed by atoms with Gasteiger partial charge in [0.25, 0.3) is 0 Å². The van der Waals surface area contributed by atoms with Crippen LogP contribution in [0.2, 0.25) is 0 Å². The molecule has 0 aromatic heterocycles. The fraction of sp³-hybridized carbons (Fsp3) is 0.125. The maximum Gasteiger partial charge on any atom is 0.244 e. The Morgan fingerprint density at radius 3 is 2.43 bits per heavy atom. The van der Waals surface area contributed by atoms with Gasteiger partial charge in [0.1, 0.15) is 0 Å². The molecule has 1 atom stereocenters. The smallest absolute Gasteiger partial charge is 0.244 e. The van der Waals surface area contributed by atoms with Crippen LogP contribution in [0.15, 0.2) is 78.9 Å². The number of nitrogens with one attached hydrogen (secondary N) is 1. The Morgan fingerprint density at radius 2 is 1.64 bits per heavy atom. The molecule has 1 aliphatic heterocycles. The number of carbonyl (C=O) groups is 1. The Kier molecular flexibility index (Phi) is 5.11. The molecule has 0 saturated carbocycles. The zero-order valence-corrected chi connectivity index (χ0v) is 15.6. The van der Waals surface area contributed by atoms with Crippen molar-refractivity contribution in [1.82, 2.24) is 5.32 Å². The Balaban J connectivity index is 1.53. The van der Waals surface area contributed by atoms with Crippen LogP contribution in [0.25, 0.3) is 6.08 Å². The van der Waals surface area contributed by atoms with Gasteiger partial charge in [0, 0.05) is 6.08 Å². The van der Waals surface area contributed by atoms with Crippen molar-refractivity contribution in [2.75, 3.05) is 6.79 Å². The zero-order chi connectivity index (χ0) is 19.3. The number of fused-ring (bicyclic) bond motifs is 1. The van der Waals surface area contributed by atoms with Gasteiger partial charge in [-0.05, 0) is 41.8 Å². The van der Waals surface area contributed by atoms with E-state index in [1.165, 1.54) is 5.56 Å². The monoisotopic (exact) mass is 371 g/mol. The van der Waals surface area contributed by atoms with E-state index in [9.17, 15) is 4.79 Å². The van der Waals surface area contributed by atoms with Crippen LogP contribution in [0, 0.1) is 6.92 Å². The molecule has 1 heterocycles. The third-order valence-electron chi connectivity index (χ3n) is 4.65. The highest BCUT2D eigenvalue weighted by Gasteiger charge is 2.16. The molecule has 140 valence electrons. The lowest BCUT2D eigenvalue weighted by Gasteiger charge is -2.19. The molecule has 1 N–H and O–H groups in total. The number of hydrogen-bond donors (Lipinski definition) is 1. The van der Waals surface area contributed by atoms with E-state index in [4.69, 9.17) is 9.47 Å². The molecule has 0 spiro atoms. The lowest BCUT2D eigenvalue weighted by atomic mass is 9.98. The quantitative estimate of drug-likeness (QED) is 0.665. The predicted molar refractivity (Wildman–Crippen MR) is 109 cm³/mol. The highest BCUT2D eigenvalue weighted by Crippen LogP contribution is 2.32. The molecule has 4 heteroatoms. The summed E-state index contributed by atoms with van der Waals surface area (Å²) in [4.78, 5) is 12.6. The summed E-state index contributed by atoms with van der Waals surface area (Å²) in [6, 6.07) is 23.6. The van der Waals surface area contributed by atoms with Gasteiger partial charge in [-0.3, -0.25) is 4.79 Å². The minimum atomic E-state index is -0.212. The molecule has 4 rings (SSSR count). The van der Waals surface area contributed by atoms with Gasteiger partial charge in [-0.25, -0.2) is 0 Å². The third-order valence-corrected chi connectivity index (χ3v) is 4.65. The van der Waals surface area contributed by atoms with E-state index in [1.807, 2.05) is 55.5 Å². The van der Waals surface area contributed by atoms with Crippen LogP contribution >= 0.6 is 0 Å². The first-order chi connectivity index (χ1) is 13.7. The van der Waals surface area contributed by atoms with Crippen LogP contribution in [0.1, 0.15) is 28.3 Å². The van der Waals surface area contributed by atoms with Gasteiger partial charge in [0.05, 0.1) is 6.04 Å². The van der Waals surface area contributed by atoms with Crippen molar-refractivity contribution in [2.24, 2.45) is 0 Å². The second-order valence-electron chi connectivity index (χ2n) is 6.71. The number of hydrogen-bond acceptors (Lipinski definition) is 3. The summed E-state index contributed by atoms with van der Waals surface area (Å²) < 4.78 is 10.7. The van der Waals surface area contributed by atoms with Gasteiger partial charge >= 0.3 is 0 Å². The summed E-state index contributed by atoms with van der Waals surface area (Å²) in [7, 11) is 0. The van der Waals surface area contributed by atoms with E-state index in [0.717, 1.165) is 22.4 Å². The molecule has 0 unspecified atom stereocenters. The predicted octanol–water partition coefficient (Wildman–Crippen LogP) is 4.64. The molecule has 28 heavy (non-hydrogen) atoms. The molecule has 0 saturated heterocycles. The van der Waals surface area contributed by atoms with Crippen molar-refractivity contribution >= 4 is 12.0 Å². The molecule has 0 bridgehead atoms. The van der Waals surface area contributed by atoms with E-state index in [2.05, 4.69) is 29.6 Å². The van der Waals surface area contributed by atoms with E-state index < -0.39 is 0 Å². The molecular formula is C24H21NO3. The molecule has 1 aliphatic rings. The summed E-state index contributed by atoms with van der Waals surface area (Å²) in [5.41, 5.74) is 4.15. The van der Waals surface area contributed by atoms with Crippen LogP contribution in [-0.4, -0.2) is 12.7 Å². The normalized spacial score (nSPS) is 13.5. The second kappa shape index (κ2) is 8.01. The molecule has 4 nitrogen and oxygen atoms in total. The fourth-order valence-electron chi connectivity index (χ4n) is 3.14. The van der Waals surface area contributed by atoms with Crippen molar-refractivity contribution in [2.45, 2.75) is 13.0 Å². The minimum Gasteiger partial charge on any atom is -0.454 e. The summed E-state index contributed by atoms with van der Waals surface area (Å²) in [5, 5.41) is 3.11. The lowest BCUT2D eigenvalue weighted by Crippen LogP contribution is -2.27. The first-order valence-corrected chi connectivity index (χ1v) is 9.19. The van der Waals surface area contributed by atoms with Gasteiger partial charge in [0.2, 0.25) is 12.7 Å². The first-order valence-electron chi connectivity index (χ1n) is 9.19. The van der Waals surface area contributed by atoms with Crippen LogP contribution in [0.4, 0.5) is 0 Å². The van der Waals surface area contributed by atoms with Gasteiger partial charge < -0.3 is 14.8 Å². The molecule has 1 amide bonds. The van der Waals surface area contributed by atoms with Crippen molar-refractivity contribution < 1.29 is 14.3 Å². The summed E-state index contributed by atoms with van der Waals surface area (Å²) >= 11 is 0. The molecule has 3 aromatic rings. The molecule has 0 aliphatic carbocycles. The Bertz CT molecular complexity index is 994. The average Bonchev–Trinajstić information content (AvgIpc) is 3.20. The van der Waals surface area contributed by atoms with Crippen LogP contribution in [0.3, 0.4) is 0 Å². The Hall–Kier alpha value is -3.53. The third kappa shape index (κ3) is 4.07. The number of carbonyl (C=O) groups excluding carboxylic acids is 1. The number of aryl methyl sites for hydroxylation is 1.